The van der Waals surface area contributed by atoms with Gasteiger partial charge in [-0.05, 0) is 19.4 Å². The van der Waals surface area contributed by atoms with Crippen molar-refractivity contribution < 1.29 is 9.59 Å². The minimum absolute atomic E-state index is 0.0352. The minimum atomic E-state index is -0.0803. The van der Waals surface area contributed by atoms with Gasteiger partial charge in [-0.2, -0.15) is 0 Å². The standard InChI is InChI=1S/C12H18N4O2S/c1-7-10(11(18)15(2)3)19-12(14-7)16-6-8(5-13)4-9(16)17/h8H,4-6,13H2,1-3H3. The molecule has 1 aromatic heterocycles. The van der Waals surface area contributed by atoms with Crippen molar-refractivity contribution in [3.05, 3.63) is 10.6 Å². The van der Waals surface area contributed by atoms with E-state index >= 15 is 0 Å². The molecule has 104 valence electrons. The van der Waals surface area contributed by atoms with Gasteiger partial charge in [-0.25, -0.2) is 4.98 Å². The quantitative estimate of drug-likeness (QED) is 0.873. The van der Waals surface area contributed by atoms with Crippen LogP contribution in [-0.2, 0) is 4.79 Å². The largest absolute Gasteiger partial charge is 0.344 e. The molecule has 7 heteroatoms. The molecule has 2 heterocycles. The van der Waals surface area contributed by atoms with Gasteiger partial charge in [0.25, 0.3) is 5.91 Å². The molecule has 0 saturated carbocycles. The Bertz CT molecular complexity index is 512. The van der Waals surface area contributed by atoms with Crippen LogP contribution in [0.25, 0.3) is 0 Å². The fourth-order valence-electron chi connectivity index (χ4n) is 2.02. The molecule has 0 aliphatic carbocycles. The van der Waals surface area contributed by atoms with Crippen molar-refractivity contribution in [1.82, 2.24) is 9.88 Å². The summed E-state index contributed by atoms with van der Waals surface area (Å²) in [4.78, 5) is 32.0. The van der Waals surface area contributed by atoms with Crippen LogP contribution in [0.3, 0.4) is 0 Å². The summed E-state index contributed by atoms with van der Waals surface area (Å²) in [6, 6.07) is 0. The van der Waals surface area contributed by atoms with Crippen molar-refractivity contribution >= 4 is 28.3 Å². The summed E-state index contributed by atoms with van der Waals surface area (Å²) in [5.41, 5.74) is 6.27. The third-order valence-electron chi connectivity index (χ3n) is 3.16. The lowest BCUT2D eigenvalue weighted by Gasteiger charge is -2.12. The first-order valence-electron chi connectivity index (χ1n) is 6.13. The Morgan fingerprint density at radius 2 is 2.26 bits per heavy atom. The topological polar surface area (TPSA) is 79.5 Å². The van der Waals surface area contributed by atoms with E-state index in [9.17, 15) is 9.59 Å². The van der Waals surface area contributed by atoms with Gasteiger partial charge in [-0.3, -0.25) is 14.5 Å². The SMILES string of the molecule is Cc1nc(N2CC(CN)CC2=O)sc1C(=O)N(C)C. The van der Waals surface area contributed by atoms with Crippen molar-refractivity contribution in [2.45, 2.75) is 13.3 Å². The summed E-state index contributed by atoms with van der Waals surface area (Å²) < 4.78 is 0. The lowest BCUT2D eigenvalue weighted by molar-refractivity contribution is -0.117. The predicted molar refractivity (Wildman–Crippen MR) is 74.4 cm³/mol. The van der Waals surface area contributed by atoms with Gasteiger partial charge in [-0.15, -0.1) is 0 Å². The maximum absolute atomic E-state index is 12.0. The summed E-state index contributed by atoms with van der Waals surface area (Å²) in [6.07, 6.45) is 0.464. The molecule has 1 aliphatic heterocycles. The summed E-state index contributed by atoms with van der Waals surface area (Å²) in [6.45, 7) is 2.88. The first kappa shape index (κ1) is 14.0. The van der Waals surface area contributed by atoms with Crippen LogP contribution in [0.2, 0.25) is 0 Å². The van der Waals surface area contributed by atoms with Gasteiger partial charge < -0.3 is 10.6 Å². The van der Waals surface area contributed by atoms with Crippen molar-refractivity contribution in [2.75, 3.05) is 32.1 Å². The number of anilines is 1. The Morgan fingerprint density at radius 1 is 1.58 bits per heavy atom. The van der Waals surface area contributed by atoms with E-state index in [2.05, 4.69) is 4.98 Å². The van der Waals surface area contributed by atoms with Gasteiger partial charge in [0.2, 0.25) is 5.91 Å². The van der Waals surface area contributed by atoms with E-state index in [1.807, 2.05) is 0 Å². The smallest absolute Gasteiger partial charge is 0.265 e. The zero-order chi connectivity index (χ0) is 14.2. The van der Waals surface area contributed by atoms with Crippen LogP contribution in [0, 0.1) is 12.8 Å². The van der Waals surface area contributed by atoms with Gasteiger partial charge in [0, 0.05) is 27.1 Å². The molecule has 1 aromatic rings. The van der Waals surface area contributed by atoms with E-state index in [0.717, 1.165) is 0 Å². The van der Waals surface area contributed by atoms with E-state index in [1.165, 1.54) is 16.2 Å². The number of thiazole rings is 1. The molecule has 1 saturated heterocycles. The highest BCUT2D eigenvalue weighted by Crippen LogP contribution is 2.31. The molecule has 1 unspecified atom stereocenters. The summed E-state index contributed by atoms with van der Waals surface area (Å²) >= 11 is 1.27. The number of nitrogens with two attached hydrogens (primary N) is 1. The average molecular weight is 282 g/mol. The Hall–Kier alpha value is -1.47. The maximum atomic E-state index is 12.0. The molecule has 19 heavy (non-hydrogen) atoms. The molecule has 0 aromatic carbocycles. The zero-order valence-electron chi connectivity index (χ0n) is 11.3. The molecule has 0 bridgehead atoms. The molecule has 1 aliphatic rings. The number of carbonyl (C=O) groups excluding carboxylic acids is 2. The number of hydrogen-bond donors (Lipinski definition) is 1. The predicted octanol–water partition coefficient (Wildman–Crippen LogP) is 0.465. The highest BCUT2D eigenvalue weighted by molar-refractivity contribution is 7.17. The molecule has 0 spiro atoms. The zero-order valence-corrected chi connectivity index (χ0v) is 12.2. The van der Waals surface area contributed by atoms with Gasteiger partial charge in [-0.1, -0.05) is 11.3 Å². The lowest BCUT2D eigenvalue weighted by Crippen LogP contribution is -2.25. The first-order valence-corrected chi connectivity index (χ1v) is 6.95. The van der Waals surface area contributed by atoms with Gasteiger partial charge in [0.15, 0.2) is 5.13 Å². The van der Waals surface area contributed by atoms with E-state index in [1.54, 1.807) is 25.9 Å². The Balaban J connectivity index is 2.26. The van der Waals surface area contributed by atoms with Crippen molar-refractivity contribution in [3.8, 4) is 0 Å². The lowest BCUT2D eigenvalue weighted by atomic mass is 10.1. The number of rotatable bonds is 3. The third-order valence-corrected chi connectivity index (χ3v) is 4.32. The second-order valence-electron chi connectivity index (χ2n) is 4.92. The van der Waals surface area contributed by atoms with Gasteiger partial charge in [0.05, 0.1) is 5.69 Å². The highest BCUT2D eigenvalue weighted by atomic mass is 32.1. The number of amides is 2. The molecule has 0 radical (unpaired) electrons. The third kappa shape index (κ3) is 2.62. The van der Waals surface area contributed by atoms with Crippen LogP contribution in [0.15, 0.2) is 0 Å². The van der Waals surface area contributed by atoms with Crippen LogP contribution in [0.4, 0.5) is 5.13 Å². The van der Waals surface area contributed by atoms with Crippen LogP contribution in [0.1, 0.15) is 21.8 Å². The Morgan fingerprint density at radius 3 is 2.79 bits per heavy atom. The van der Waals surface area contributed by atoms with Crippen LogP contribution in [0.5, 0.6) is 0 Å². The highest BCUT2D eigenvalue weighted by Gasteiger charge is 2.32. The van der Waals surface area contributed by atoms with E-state index in [4.69, 9.17) is 5.73 Å². The molecule has 1 atom stereocenters. The van der Waals surface area contributed by atoms with Gasteiger partial charge in [0.1, 0.15) is 4.88 Å². The second-order valence-corrected chi connectivity index (χ2v) is 5.90. The number of aryl methyl sites for hydroxylation is 1. The number of aromatic nitrogens is 1. The number of carbonyl (C=O) groups is 2. The van der Waals surface area contributed by atoms with Crippen molar-refractivity contribution in [1.29, 1.82) is 0 Å². The molecular weight excluding hydrogens is 264 g/mol. The average Bonchev–Trinajstić information content (AvgIpc) is 2.91. The molecular formula is C12H18N4O2S. The maximum Gasteiger partial charge on any atom is 0.265 e. The first-order chi connectivity index (χ1) is 8.93. The van der Waals surface area contributed by atoms with Crippen LogP contribution in [-0.4, -0.2) is 48.9 Å². The molecule has 2 N–H and O–H groups in total. The van der Waals surface area contributed by atoms with Crippen molar-refractivity contribution in [2.24, 2.45) is 11.7 Å². The van der Waals surface area contributed by atoms with Crippen LogP contribution >= 0.6 is 11.3 Å². The van der Waals surface area contributed by atoms with Crippen LogP contribution < -0.4 is 10.6 Å². The fraction of sp³-hybridized carbons (Fsp3) is 0.583. The number of hydrogen-bond acceptors (Lipinski definition) is 5. The summed E-state index contributed by atoms with van der Waals surface area (Å²) in [7, 11) is 3.40. The summed E-state index contributed by atoms with van der Waals surface area (Å²) in [5, 5.41) is 0.601. The molecule has 2 rings (SSSR count). The Labute approximate surface area is 116 Å². The Kier molecular flexibility index (Phi) is 3.86. The normalized spacial score (nSPS) is 19.1. The fourth-order valence-corrected chi connectivity index (χ4v) is 3.14. The molecule has 1 fully saturated rings. The van der Waals surface area contributed by atoms with E-state index in [0.29, 0.717) is 35.2 Å². The summed E-state index contributed by atoms with van der Waals surface area (Å²) in [5.74, 6) is 0.140. The monoisotopic (exact) mass is 282 g/mol. The number of nitrogens with zero attached hydrogens (tertiary/aromatic N) is 3. The second kappa shape index (κ2) is 5.26. The van der Waals surface area contributed by atoms with Crippen molar-refractivity contribution in [3.63, 3.8) is 0 Å². The van der Waals surface area contributed by atoms with E-state index < -0.39 is 0 Å². The van der Waals surface area contributed by atoms with E-state index in [-0.39, 0.29) is 17.7 Å². The molecule has 6 nitrogen and oxygen atoms in total. The minimum Gasteiger partial charge on any atom is -0.344 e. The van der Waals surface area contributed by atoms with Gasteiger partial charge >= 0.3 is 0 Å². The molecule has 2 amide bonds.